The number of alkyl halides is 3. The highest BCUT2D eigenvalue weighted by Crippen LogP contribution is 2.66. The minimum atomic E-state index is -4.41. The van der Waals surface area contributed by atoms with Gasteiger partial charge in [-0.25, -0.2) is 4.39 Å². The molecule has 0 N–H and O–H groups in total. The predicted octanol–water partition coefficient (Wildman–Crippen LogP) is 5.08. The van der Waals surface area contributed by atoms with Gasteiger partial charge in [0, 0.05) is 5.92 Å². The van der Waals surface area contributed by atoms with Crippen molar-refractivity contribution < 1.29 is 27.1 Å². The molecule has 6 heteroatoms. The fourth-order valence-corrected chi connectivity index (χ4v) is 3.84. The van der Waals surface area contributed by atoms with E-state index in [1.165, 1.54) is 36.4 Å². The van der Waals surface area contributed by atoms with E-state index in [4.69, 9.17) is 4.74 Å². The highest BCUT2D eigenvalue weighted by atomic mass is 19.4. The maximum Gasteiger partial charge on any atom is 0.416 e. The van der Waals surface area contributed by atoms with E-state index in [1.807, 2.05) is 6.92 Å². The summed E-state index contributed by atoms with van der Waals surface area (Å²) in [5, 5.41) is 0. The van der Waals surface area contributed by atoms with Gasteiger partial charge >= 0.3 is 12.1 Å². The fraction of sp³-hybridized carbons (Fsp3) is 0.350. The number of rotatable bonds is 4. The van der Waals surface area contributed by atoms with Crippen LogP contribution in [0.1, 0.15) is 36.5 Å². The molecule has 0 radical (unpaired) electrons. The van der Waals surface area contributed by atoms with Gasteiger partial charge in [-0.1, -0.05) is 31.2 Å². The molecular weight excluding hydrogens is 348 g/mol. The lowest BCUT2D eigenvalue weighted by atomic mass is 9.89. The third-order valence-corrected chi connectivity index (χ3v) is 5.13. The van der Waals surface area contributed by atoms with E-state index in [9.17, 15) is 22.4 Å². The Morgan fingerprint density at radius 1 is 1.08 bits per heavy atom. The van der Waals surface area contributed by atoms with Crippen LogP contribution in [-0.4, -0.2) is 12.6 Å². The summed E-state index contributed by atoms with van der Waals surface area (Å²) in [4.78, 5) is 12.7. The molecule has 0 aliphatic heterocycles. The first-order chi connectivity index (χ1) is 12.2. The third-order valence-electron chi connectivity index (χ3n) is 5.13. The van der Waals surface area contributed by atoms with E-state index in [0.29, 0.717) is 11.1 Å². The number of carbonyl (C=O) groups excluding carboxylic acids is 1. The number of carbonyl (C=O) groups is 1. The monoisotopic (exact) mass is 366 g/mol. The molecule has 3 rings (SSSR count). The van der Waals surface area contributed by atoms with Gasteiger partial charge < -0.3 is 4.74 Å². The van der Waals surface area contributed by atoms with Crippen LogP contribution < -0.4 is 0 Å². The van der Waals surface area contributed by atoms with Gasteiger partial charge in [0.1, 0.15) is 11.2 Å². The van der Waals surface area contributed by atoms with Gasteiger partial charge in [0.05, 0.1) is 12.2 Å². The molecule has 0 bridgehead atoms. The summed E-state index contributed by atoms with van der Waals surface area (Å²) in [7, 11) is 0. The first-order valence-corrected chi connectivity index (χ1v) is 8.33. The van der Waals surface area contributed by atoms with E-state index >= 15 is 0 Å². The normalized spacial score (nSPS) is 25.0. The van der Waals surface area contributed by atoms with Crippen molar-refractivity contribution in [3.05, 3.63) is 71.0 Å². The van der Waals surface area contributed by atoms with Crippen LogP contribution in [0.15, 0.2) is 48.5 Å². The van der Waals surface area contributed by atoms with Gasteiger partial charge in [0.2, 0.25) is 0 Å². The van der Waals surface area contributed by atoms with Crippen LogP contribution in [0.5, 0.6) is 0 Å². The topological polar surface area (TPSA) is 26.3 Å². The molecule has 0 spiro atoms. The molecule has 26 heavy (non-hydrogen) atoms. The molecule has 1 saturated carbocycles. The van der Waals surface area contributed by atoms with Gasteiger partial charge in [-0.3, -0.25) is 4.79 Å². The van der Waals surface area contributed by atoms with Crippen LogP contribution in [-0.2, 0) is 21.1 Å². The molecule has 2 nitrogen and oxygen atoms in total. The van der Waals surface area contributed by atoms with Gasteiger partial charge in [0.15, 0.2) is 0 Å². The van der Waals surface area contributed by atoms with Crippen molar-refractivity contribution in [2.75, 3.05) is 6.61 Å². The Bertz CT molecular complexity index is 796. The van der Waals surface area contributed by atoms with Crippen molar-refractivity contribution in [2.24, 2.45) is 5.92 Å². The lowest BCUT2D eigenvalue weighted by Gasteiger charge is -2.18. The molecule has 3 unspecified atom stereocenters. The largest absolute Gasteiger partial charge is 0.465 e. The average Bonchev–Trinajstić information content (AvgIpc) is 3.21. The van der Waals surface area contributed by atoms with E-state index in [2.05, 4.69) is 0 Å². The van der Waals surface area contributed by atoms with Gasteiger partial charge in [0.25, 0.3) is 0 Å². The zero-order chi connectivity index (χ0) is 19.1. The Morgan fingerprint density at radius 3 is 2.15 bits per heavy atom. The van der Waals surface area contributed by atoms with E-state index in [1.54, 1.807) is 6.92 Å². The molecule has 2 aromatic rings. The van der Waals surface area contributed by atoms with Gasteiger partial charge in [-0.05, 0) is 48.2 Å². The Morgan fingerprint density at radius 2 is 1.65 bits per heavy atom. The number of hydrogen-bond acceptors (Lipinski definition) is 2. The fourth-order valence-electron chi connectivity index (χ4n) is 3.84. The number of hydrogen-bond donors (Lipinski definition) is 0. The molecule has 0 heterocycles. The summed E-state index contributed by atoms with van der Waals surface area (Å²) in [5.41, 5.74) is -0.514. The Balaban J connectivity index is 2.01. The second-order valence-corrected chi connectivity index (χ2v) is 6.48. The lowest BCUT2D eigenvalue weighted by molar-refractivity contribution is -0.146. The summed E-state index contributed by atoms with van der Waals surface area (Å²) in [6, 6.07) is 10.4. The van der Waals surface area contributed by atoms with Crippen LogP contribution in [0, 0.1) is 11.7 Å². The van der Waals surface area contributed by atoms with Crippen LogP contribution >= 0.6 is 0 Å². The quantitative estimate of drug-likeness (QED) is 0.557. The van der Waals surface area contributed by atoms with Gasteiger partial charge in [-0.2, -0.15) is 13.2 Å². The molecule has 1 fully saturated rings. The third kappa shape index (κ3) is 2.87. The van der Waals surface area contributed by atoms with Crippen LogP contribution in [0.2, 0.25) is 0 Å². The van der Waals surface area contributed by atoms with Crippen molar-refractivity contribution in [3.63, 3.8) is 0 Å². The first-order valence-electron chi connectivity index (χ1n) is 8.33. The summed E-state index contributed by atoms with van der Waals surface area (Å²) >= 11 is 0. The molecule has 0 amide bonds. The average molecular weight is 366 g/mol. The summed E-state index contributed by atoms with van der Waals surface area (Å²) in [6.07, 6.45) is -4.41. The molecule has 1 aliphatic rings. The number of ether oxygens (including phenoxy) is 1. The Labute approximate surface area is 148 Å². The molecule has 138 valence electrons. The smallest absolute Gasteiger partial charge is 0.416 e. The minimum Gasteiger partial charge on any atom is -0.465 e. The van der Waals surface area contributed by atoms with Crippen LogP contribution in [0.3, 0.4) is 0 Å². The first kappa shape index (κ1) is 18.4. The maximum atomic E-state index is 13.3. The Hall–Kier alpha value is -2.37. The highest BCUT2D eigenvalue weighted by Gasteiger charge is 2.69. The van der Waals surface area contributed by atoms with Crippen molar-refractivity contribution in [3.8, 4) is 0 Å². The minimum absolute atomic E-state index is 0.177. The molecule has 2 aromatic carbocycles. The SMILES string of the molecule is CCOC(=O)C1(c2ccc(F)cc2)C(C)C1c1ccc(C(F)(F)F)cc1. The van der Waals surface area contributed by atoms with E-state index < -0.39 is 28.9 Å². The van der Waals surface area contributed by atoms with Gasteiger partial charge in [-0.15, -0.1) is 0 Å². The molecule has 3 atom stereocenters. The van der Waals surface area contributed by atoms with Crippen molar-refractivity contribution >= 4 is 5.97 Å². The zero-order valence-corrected chi connectivity index (χ0v) is 14.3. The van der Waals surface area contributed by atoms with Crippen LogP contribution in [0.25, 0.3) is 0 Å². The number of benzene rings is 2. The van der Waals surface area contributed by atoms with Crippen molar-refractivity contribution in [1.29, 1.82) is 0 Å². The molecule has 0 aromatic heterocycles. The molecule has 0 saturated heterocycles. The summed E-state index contributed by atoms with van der Waals surface area (Å²) in [5.74, 6) is -1.37. The summed E-state index contributed by atoms with van der Waals surface area (Å²) in [6.45, 7) is 3.73. The van der Waals surface area contributed by atoms with E-state index in [-0.39, 0.29) is 18.4 Å². The second kappa shape index (κ2) is 6.41. The molecule has 1 aliphatic carbocycles. The second-order valence-electron chi connectivity index (χ2n) is 6.48. The number of halogens is 4. The highest BCUT2D eigenvalue weighted by molar-refractivity contribution is 5.90. The maximum absolute atomic E-state index is 13.3. The Kier molecular flexibility index (Phi) is 4.54. The standard InChI is InChI=1S/C20H18F4O2/c1-3-26-18(25)19(14-8-10-16(21)11-9-14)12(2)17(19)13-4-6-15(7-5-13)20(22,23)24/h4-12,17H,3H2,1-2H3. The van der Waals surface area contributed by atoms with E-state index in [0.717, 1.165) is 12.1 Å². The zero-order valence-electron chi connectivity index (χ0n) is 14.3. The number of esters is 1. The molecular formula is C20H18F4O2. The predicted molar refractivity (Wildman–Crippen MR) is 88.1 cm³/mol. The lowest BCUT2D eigenvalue weighted by Crippen LogP contribution is -2.27. The summed E-state index contributed by atoms with van der Waals surface area (Å²) < 4.78 is 56.9. The van der Waals surface area contributed by atoms with Crippen molar-refractivity contribution in [1.82, 2.24) is 0 Å². The van der Waals surface area contributed by atoms with Crippen molar-refractivity contribution in [2.45, 2.75) is 31.4 Å². The van der Waals surface area contributed by atoms with Crippen LogP contribution in [0.4, 0.5) is 17.6 Å².